The van der Waals surface area contributed by atoms with Gasteiger partial charge in [0.25, 0.3) is 0 Å². The number of pyridine rings is 1. The van der Waals surface area contributed by atoms with Crippen molar-refractivity contribution in [3.63, 3.8) is 0 Å². The highest BCUT2D eigenvalue weighted by Gasteiger charge is 2.54. The first-order valence-corrected chi connectivity index (χ1v) is 6.22. The molecule has 1 aromatic rings. The Labute approximate surface area is 117 Å². The number of rotatable bonds is 3. The van der Waals surface area contributed by atoms with E-state index in [0.29, 0.717) is 11.3 Å². The van der Waals surface area contributed by atoms with Crippen molar-refractivity contribution in [2.24, 2.45) is 0 Å². The molecule has 1 aliphatic heterocycles. The third kappa shape index (κ3) is 2.48. The molecule has 1 aromatic heterocycles. The smallest absolute Gasteiger partial charge is 0.496 e. The lowest BCUT2D eigenvalue weighted by molar-refractivity contribution is -0.389. The van der Waals surface area contributed by atoms with Crippen LogP contribution in [0.2, 0.25) is 0 Å². The van der Waals surface area contributed by atoms with Gasteiger partial charge in [0, 0.05) is 6.07 Å². The molecule has 1 saturated heterocycles. The van der Waals surface area contributed by atoms with Crippen LogP contribution in [0.1, 0.15) is 27.7 Å². The fourth-order valence-electron chi connectivity index (χ4n) is 1.81. The van der Waals surface area contributed by atoms with Crippen LogP contribution in [-0.2, 0) is 9.31 Å². The highest BCUT2D eigenvalue weighted by Crippen LogP contribution is 2.36. The minimum absolute atomic E-state index is 0.297. The molecule has 2 rings (SSSR count). The van der Waals surface area contributed by atoms with E-state index < -0.39 is 23.2 Å². The Kier molecular flexibility index (Phi) is 3.47. The van der Waals surface area contributed by atoms with Crippen LogP contribution in [0.5, 0.6) is 5.75 Å². The highest BCUT2D eigenvalue weighted by atomic mass is 16.7. The molecule has 1 fully saturated rings. The van der Waals surface area contributed by atoms with Gasteiger partial charge in [-0.1, -0.05) is 0 Å². The molecular formula is C12H17BN2O5. The van der Waals surface area contributed by atoms with Gasteiger partial charge >= 0.3 is 12.9 Å². The molecule has 0 bridgehead atoms. The molecule has 108 valence electrons. The van der Waals surface area contributed by atoms with E-state index in [1.54, 1.807) is 6.07 Å². The summed E-state index contributed by atoms with van der Waals surface area (Å²) in [5, 5.41) is 10.9. The van der Waals surface area contributed by atoms with Gasteiger partial charge in [0.2, 0.25) is 0 Å². The molecule has 0 aliphatic carbocycles. The molecule has 20 heavy (non-hydrogen) atoms. The van der Waals surface area contributed by atoms with Crippen molar-refractivity contribution in [3.05, 3.63) is 22.2 Å². The second-order valence-electron chi connectivity index (χ2n) is 5.64. The third-order valence-corrected chi connectivity index (χ3v) is 3.72. The van der Waals surface area contributed by atoms with Gasteiger partial charge in [0.15, 0.2) is 5.59 Å². The van der Waals surface area contributed by atoms with Crippen molar-refractivity contribution in [1.29, 1.82) is 0 Å². The monoisotopic (exact) mass is 280 g/mol. The summed E-state index contributed by atoms with van der Waals surface area (Å²) >= 11 is 0. The van der Waals surface area contributed by atoms with Crippen molar-refractivity contribution in [2.75, 3.05) is 7.11 Å². The zero-order chi connectivity index (χ0) is 15.1. The number of methoxy groups -OCH3 is 1. The zero-order valence-electron chi connectivity index (χ0n) is 12.2. The van der Waals surface area contributed by atoms with Crippen LogP contribution in [0.3, 0.4) is 0 Å². The summed E-state index contributed by atoms with van der Waals surface area (Å²) in [5.74, 6) is 0.0467. The molecule has 7 nitrogen and oxygen atoms in total. The normalized spacial score (nSPS) is 19.9. The Balaban J connectivity index is 2.39. The largest absolute Gasteiger partial charge is 0.542 e. The predicted molar refractivity (Wildman–Crippen MR) is 73.2 cm³/mol. The molecule has 0 atom stereocenters. The van der Waals surface area contributed by atoms with Gasteiger partial charge in [-0.3, -0.25) is 0 Å². The topological polar surface area (TPSA) is 83.7 Å². The van der Waals surface area contributed by atoms with Crippen LogP contribution in [0, 0.1) is 10.1 Å². The van der Waals surface area contributed by atoms with Gasteiger partial charge in [-0.25, -0.2) is 0 Å². The van der Waals surface area contributed by atoms with E-state index >= 15 is 0 Å². The number of nitrogens with zero attached hydrogens (tertiary/aromatic N) is 2. The molecular weight excluding hydrogens is 263 g/mol. The summed E-state index contributed by atoms with van der Waals surface area (Å²) in [5.41, 5.74) is -0.733. The second kappa shape index (κ2) is 4.71. The second-order valence-corrected chi connectivity index (χ2v) is 5.64. The minimum Gasteiger partial charge on any atom is -0.496 e. The van der Waals surface area contributed by atoms with Crippen LogP contribution in [-0.4, -0.2) is 35.3 Å². The standard InChI is InChI=1S/C12H17BN2O5/c1-11(2)12(3,4)20-13(19-11)9-6-8(18-5)7-10(14-9)15(16)17/h6-7H,1-5H3. The maximum absolute atomic E-state index is 10.9. The van der Waals surface area contributed by atoms with Crippen molar-refractivity contribution < 1.29 is 19.0 Å². The van der Waals surface area contributed by atoms with E-state index in [1.807, 2.05) is 27.7 Å². The van der Waals surface area contributed by atoms with E-state index in [0.717, 1.165) is 0 Å². The van der Waals surface area contributed by atoms with Gasteiger partial charge in [0.05, 0.1) is 24.4 Å². The zero-order valence-corrected chi connectivity index (χ0v) is 12.2. The van der Waals surface area contributed by atoms with Crippen LogP contribution < -0.4 is 10.3 Å². The van der Waals surface area contributed by atoms with Crippen molar-refractivity contribution in [3.8, 4) is 5.75 Å². The highest BCUT2D eigenvalue weighted by molar-refractivity contribution is 6.61. The molecule has 0 radical (unpaired) electrons. The minimum atomic E-state index is -0.756. The Bertz CT molecular complexity index is 531. The molecule has 8 heteroatoms. The number of hydrogen-bond acceptors (Lipinski definition) is 6. The Hall–Kier alpha value is -1.67. The van der Waals surface area contributed by atoms with Gasteiger partial charge in [-0.05, 0) is 37.6 Å². The fraction of sp³-hybridized carbons (Fsp3) is 0.583. The Morgan fingerprint density at radius 3 is 2.25 bits per heavy atom. The van der Waals surface area contributed by atoms with E-state index in [9.17, 15) is 10.1 Å². The van der Waals surface area contributed by atoms with Crippen LogP contribution >= 0.6 is 0 Å². The summed E-state index contributed by atoms with van der Waals surface area (Å²) in [6, 6.07) is 2.84. The van der Waals surface area contributed by atoms with Gasteiger partial charge in [-0.2, -0.15) is 0 Å². The summed E-state index contributed by atoms with van der Waals surface area (Å²) in [6.45, 7) is 7.62. The molecule has 1 aliphatic rings. The third-order valence-electron chi connectivity index (χ3n) is 3.72. The number of hydrogen-bond donors (Lipinski definition) is 0. The van der Waals surface area contributed by atoms with Crippen molar-refractivity contribution in [2.45, 2.75) is 38.9 Å². The molecule has 0 amide bonds. The molecule has 0 aromatic carbocycles. The number of ether oxygens (including phenoxy) is 1. The lowest BCUT2D eigenvalue weighted by Gasteiger charge is -2.32. The quantitative estimate of drug-likeness (QED) is 0.471. The average molecular weight is 280 g/mol. The maximum atomic E-state index is 10.9. The predicted octanol–water partition coefficient (Wildman–Crippen LogP) is 1.30. The molecule has 0 spiro atoms. The van der Waals surface area contributed by atoms with Crippen molar-refractivity contribution >= 4 is 18.5 Å². The lowest BCUT2D eigenvalue weighted by Crippen LogP contribution is -2.41. The van der Waals surface area contributed by atoms with E-state index in [1.165, 1.54) is 13.2 Å². The Morgan fingerprint density at radius 2 is 1.80 bits per heavy atom. The average Bonchev–Trinajstić information content (AvgIpc) is 2.58. The van der Waals surface area contributed by atoms with Gasteiger partial charge in [-0.15, -0.1) is 0 Å². The SMILES string of the molecule is COc1cc(B2OC(C)(C)C(C)(C)O2)nc([N+](=O)[O-])c1. The lowest BCUT2D eigenvalue weighted by atomic mass is 9.84. The first-order chi connectivity index (χ1) is 9.16. The van der Waals surface area contributed by atoms with E-state index in [-0.39, 0.29) is 5.82 Å². The van der Waals surface area contributed by atoms with Crippen LogP contribution in [0.25, 0.3) is 0 Å². The first-order valence-electron chi connectivity index (χ1n) is 6.22. The fourth-order valence-corrected chi connectivity index (χ4v) is 1.81. The van der Waals surface area contributed by atoms with Crippen LogP contribution in [0.4, 0.5) is 5.82 Å². The number of aromatic nitrogens is 1. The van der Waals surface area contributed by atoms with Gasteiger partial charge in [0.1, 0.15) is 5.75 Å². The summed E-state index contributed by atoms with van der Waals surface area (Å²) in [6.07, 6.45) is 0. The van der Waals surface area contributed by atoms with E-state index in [4.69, 9.17) is 14.0 Å². The van der Waals surface area contributed by atoms with E-state index in [2.05, 4.69) is 4.98 Å². The Morgan fingerprint density at radius 1 is 1.25 bits per heavy atom. The maximum Gasteiger partial charge on any atom is 0.542 e. The summed E-state index contributed by atoms with van der Waals surface area (Å²) in [4.78, 5) is 14.3. The van der Waals surface area contributed by atoms with Crippen molar-refractivity contribution in [1.82, 2.24) is 4.98 Å². The molecule has 0 N–H and O–H groups in total. The molecule has 0 saturated carbocycles. The van der Waals surface area contributed by atoms with Gasteiger partial charge < -0.3 is 24.2 Å². The first kappa shape index (κ1) is 14.7. The number of nitro groups is 1. The molecule has 0 unspecified atom stereocenters. The molecule has 2 heterocycles. The van der Waals surface area contributed by atoms with Crippen LogP contribution in [0.15, 0.2) is 12.1 Å². The summed E-state index contributed by atoms with van der Waals surface area (Å²) < 4.78 is 16.7. The summed E-state index contributed by atoms with van der Waals surface area (Å²) in [7, 11) is 0.682.